The second-order valence-corrected chi connectivity index (χ2v) is 4.96. The van der Waals surface area contributed by atoms with Crippen LogP contribution in [0.5, 0.6) is 5.75 Å². The number of benzene rings is 1. The van der Waals surface area contributed by atoms with E-state index in [1.54, 1.807) is 11.8 Å². The molecule has 1 saturated heterocycles. The third-order valence-electron chi connectivity index (χ3n) is 3.50. The molecule has 0 saturated carbocycles. The van der Waals surface area contributed by atoms with Crippen molar-refractivity contribution < 1.29 is 14.6 Å². The Morgan fingerprint density at radius 3 is 2.95 bits per heavy atom. The van der Waals surface area contributed by atoms with Gasteiger partial charge in [-0.05, 0) is 19.1 Å². The molecule has 20 heavy (non-hydrogen) atoms. The maximum Gasteiger partial charge on any atom is 0.128 e. The number of ether oxygens (including phenoxy) is 2. The van der Waals surface area contributed by atoms with Gasteiger partial charge in [-0.25, -0.2) is 4.68 Å². The summed E-state index contributed by atoms with van der Waals surface area (Å²) in [5, 5.41) is 18.1. The number of methoxy groups -OCH3 is 1. The first-order chi connectivity index (χ1) is 9.69. The molecule has 2 atom stereocenters. The van der Waals surface area contributed by atoms with E-state index < -0.39 is 6.10 Å². The van der Waals surface area contributed by atoms with Crippen LogP contribution in [0.2, 0.25) is 0 Å². The van der Waals surface area contributed by atoms with Crippen LogP contribution < -0.4 is 4.74 Å². The van der Waals surface area contributed by atoms with Crippen LogP contribution in [-0.2, 0) is 4.74 Å². The molecule has 0 unspecified atom stereocenters. The van der Waals surface area contributed by atoms with Crippen LogP contribution >= 0.6 is 0 Å². The van der Waals surface area contributed by atoms with Crippen molar-refractivity contribution in [3.8, 4) is 17.0 Å². The second kappa shape index (κ2) is 5.22. The molecule has 1 aliphatic rings. The minimum absolute atomic E-state index is 0.174. The van der Waals surface area contributed by atoms with Gasteiger partial charge in [-0.15, -0.1) is 5.10 Å². The standard InChI is InChI=1S/C14H17N3O3/c1-9-3-4-14(19-2)10(5-9)11-6-17(16-15-11)12-7-20-8-13(12)18/h3-6,12-13,18H,7-8H2,1-2H3/t12-,13-/m1/s1. The molecule has 1 aromatic heterocycles. The highest BCUT2D eigenvalue weighted by atomic mass is 16.5. The zero-order chi connectivity index (χ0) is 14.1. The van der Waals surface area contributed by atoms with Crippen molar-refractivity contribution in [1.82, 2.24) is 15.0 Å². The molecule has 3 rings (SSSR count). The minimum Gasteiger partial charge on any atom is -0.496 e. The highest BCUT2D eigenvalue weighted by Crippen LogP contribution is 2.30. The largest absolute Gasteiger partial charge is 0.496 e. The Morgan fingerprint density at radius 2 is 2.25 bits per heavy atom. The summed E-state index contributed by atoms with van der Waals surface area (Å²) in [6, 6.07) is 5.74. The molecule has 0 amide bonds. The zero-order valence-corrected chi connectivity index (χ0v) is 11.5. The molecule has 2 heterocycles. The van der Waals surface area contributed by atoms with Crippen LogP contribution in [-0.4, -0.2) is 46.5 Å². The van der Waals surface area contributed by atoms with Gasteiger partial charge in [0.25, 0.3) is 0 Å². The second-order valence-electron chi connectivity index (χ2n) is 4.96. The topological polar surface area (TPSA) is 69.4 Å². The summed E-state index contributed by atoms with van der Waals surface area (Å²) in [6.07, 6.45) is 1.28. The van der Waals surface area contributed by atoms with Gasteiger partial charge in [0, 0.05) is 5.56 Å². The van der Waals surface area contributed by atoms with E-state index in [1.165, 1.54) is 0 Å². The Hall–Kier alpha value is -1.92. The van der Waals surface area contributed by atoms with E-state index >= 15 is 0 Å². The van der Waals surface area contributed by atoms with Gasteiger partial charge in [0.05, 0.1) is 26.5 Å². The van der Waals surface area contributed by atoms with Gasteiger partial charge in [0.15, 0.2) is 0 Å². The lowest BCUT2D eigenvalue weighted by Crippen LogP contribution is -2.22. The Kier molecular flexibility index (Phi) is 3.42. The summed E-state index contributed by atoms with van der Waals surface area (Å²) in [6.45, 7) is 2.81. The number of aromatic nitrogens is 3. The van der Waals surface area contributed by atoms with Crippen LogP contribution in [0.1, 0.15) is 11.6 Å². The van der Waals surface area contributed by atoms with Crippen molar-refractivity contribution in [2.24, 2.45) is 0 Å². The lowest BCUT2D eigenvalue weighted by molar-refractivity contribution is 0.117. The molecule has 0 bridgehead atoms. The van der Waals surface area contributed by atoms with E-state index in [1.807, 2.05) is 31.3 Å². The van der Waals surface area contributed by atoms with Crippen LogP contribution in [0.4, 0.5) is 0 Å². The lowest BCUT2D eigenvalue weighted by atomic mass is 10.1. The van der Waals surface area contributed by atoms with Crippen LogP contribution in [0.25, 0.3) is 11.3 Å². The Morgan fingerprint density at radius 1 is 1.40 bits per heavy atom. The van der Waals surface area contributed by atoms with E-state index in [-0.39, 0.29) is 6.04 Å². The highest BCUT2D eigenvalue weighted by molar-refractivity contribution is 5.67. The first kappa shape index (κ1) is 13.1. The van der Waals surface area contributed by atoms with Gasteiger partial charge in [0.1, 0.15) is 23.6 Å². The summed E-state index contributed by atoms with van der Waals surface area (Å²) < 4.78 is 12.3. The first-order valence-corrected chi connectivity index (χ1v) is 6.51. The number of aliphatic hydroxyl groups is 1. The SMILES string of the molecule is COc1ccc(C)cc1-c1cn([C@@H]2COC[C@H]2O)nn1. The predicted octanol–water partition coefficient (Wildman–Crippen LogP) is 1.19. The number of hydrogen-bond acceptors (Lipinski definition) is 5. The minimum atomic E-state index is -0.538. The predicted molar refractivity (Wildman–Crippen MR) is 72.6 cm³/mol. The van der Waals surface area contributed by atoms with E-state index in [4.69, 9.17) is 9.47 Å². The van der Waals surface area contributed by atoms with Gasteiger partial charge in [0.2, 0.25) is 0 Å². The molecule has 6 nitrogen and oxygen atoms in total. The zero-order valence-electron chi connectivity index (χ0n) is 11.5. The van der Waals surface area contributed by atoms with Crippen molar-refractivity contribution >= 4 is 0 Å². The van der Waals surface area contributed by atoms with Gasteiger partial charge < -0.3 is 14.6 Å². The van der Waals surface area contributed by atoms with Crippen LogP contribution in [0.3, 0.4) is 0 Å². The van der Waals surface area contributed by atoms with E-state index in [9.17, 15) is 5.11 Å². The summed E-state index contributed by atoms with van der Waals surface area (Å²) in [5.74, 6) is 0.755. The van der Waals surface area contributed by atoms with Crippen LogP contribution in [0, 0.1) is 6.92 Å². The molecule has 1 aliphatic heterocycles. The van der Waals surface area contributed by atoms with Crippen molar-refractivity contribution in [1.29, 1.82) is 0 Å². The molecular formula is C14H17N3O3. The third-order valence-corrected chi connectivity index (χ3v) is 3.50. The molecule has 1 fully saturated rings. The fourth-order valence-corrected chi connectivity index (χ4v) is 2.37. The first-order valence-electron chi connectivity index (χ1n) is 6.51. The van der Waals surface area contributed by atoms with E-state index in [0.717, 1.165) is 22.6 Å². The van der Waals surface area contributed by atoms with Gasteiger partial charge in [-0.2, -0.15) is 0 Å². The van der Waals surface area contributed by atoms with Gasteiger partial charge in [-0.3, -0.25) is 0 Å². The molecule has 2 aromatic rings. The number of aliphatic hydroxyl groups excluding tert-OH is 1. The lowest BCUT2D eigenvalue weighted by Gasteiger charge is -2.11. The maximum absolute atomic E-state index is 9.83. The number of rotatable bonds is 3. The normalized spacial score (nSPS) is 22.1. The molecule has 0 spiro atoms. The Balaban J connectivity index is 1.95. The molecule has 0 aliphatic carbocycles. The molecule has 1 N–H and O–H groups in total. The number of aryl methyl sites for hydroxylation is 1. The fraction of sp³-hybridized carbons (Fsp3) is 0.429. The van der Waals surface area contributed by atoms with Gasteiger partial charge in [-0.1, -0.05) is 16.8 Å². The van der Waals surface area contributed by atoms with E-state index in [2.05, 4.69) is 10.3 Å². The molecule has 106 valence electrons. The summed E-state index contributed by atoms with van der Waals surface area (Å²) in [7, 11) is 1.63. The van der Waals surface area contributed by atoms with Crippen molar-refractivity contribution in [2.45, 2.75) is 19.1 Å². The van der Waals surface area contributed by atoms with Crippen molar-refractivity contribution in [3.63, 3.8) is 0 Å². The fourth-order valence-electron chi connectivity index (χ4n) is 2.37. The smallest absolute Gasteiger partial charge is 0.128 e. The summed E-state index contributed by atoms with van der Waals surface area (Å²) >= 11 is 0. The maximum atomic E-state index is 9.83. The monoisotopic (exact) mass is 275 g/mol. The summed E-state index contributed by atoms with van der Waals surface area (Å²) in [4.78, 5) is 0. The Labute approximate surface area is 116 Å². The molecule has 1 aromatic carbocycles. The third kappa shape index (κ3) is 2.28. The molecule has 0 radical (unpaired) electrons. The van der Waals surface area contributed by atoms with Crippen molar-refractivity contribution in [3.05, 3.63) is 30.0 Å². The van der Waals surface area contributed by atoms with Gasteiger partial charge >= 0.3 is 0 Å². The number of nitrogens with zero attached hydrogens (tertiary/aromatic N) is 3. The summed E-state index contributed by atoms with van der Waals surface area (Å²) in [5.41, 5.74) is 2.75. The average molecular weight is 275 g/mol. The quantitative estimate of drug-likeness (QED) is 0.911. The Bertz CT molecular complexity index is 611. The molecule has 6 heteroatoms. The average Bonchev–Trinajstić information content (AvgIpc) is 3.07. The van der Waals surface area contributed by atoms with E-state index in [0.29, 0.717) is 13.2 Å². The van der Waals surface area contributed by atoms with Crippen molar-refractivity contribution in [2.75, 3.05) is 20.3 Å². The highest BCUT2D eigenvalue weighted by Gasteiger charge is 2.29. The molecular weight excluding hydrogens is 258 g/mol. The number of hydrogen-bond donors (Lipinski definition) is 1. The van der Waals surface area contributed by atoms with Crippen LogP contribution in [0.15, 0.2) is 24.4 Å².